The van der Waals surface area contributed by atoms with Gasteiger partial charge in [0.15, 0.2) is 5.17 Å². The van der Waals surface area contributed by atoms with Crippen molar-refractivity contribution in [2.75, 3.05) is 5.75 Å². The number of hydrogen-bond donors (Lipinski definition) is 2. The van der Waals surface area contributed by atoms with E-state index in [0.717, 1.165) is 10.9 Å². The molecule has 16 heavy (non-hydrogen) atoms. The van der Waals surface area contributed by atoms with Crippen molar-refractivity contribution in [3.05, 3.63) is 0 Å². The van der Waals surface area contributed by atoms with Crippen LogP contribution in [0.2, 0.25) is 0 Å². The molecule has 90 valence electrons. The molecule has 1 spiro atoms. The predicted octanol–water partition coefficient (Wildman–Crippen LogP) is 1.26. The number of thioether (sulfide) groups is 1. The second-order valence-electron chi connectivity index (χ2n) is 4.77. The summed E-state index contributed by atoms with van der Waals surface area (Å²) in [4.78, 5) is 15.3. The SMILES string of the molecule is CC(N=C1NC2(CCCCC2)CS1)C(N)=O. The fourth-order valence-corrected chi connectivity index (χ4v) is 3.61. The molecule has 1 heterocycles. The zero-order chi connectivity index (χ0) is 11.6. The Balaban J connectivity index is 1.99. The van der Waals surface area contributed by atoms with Crippen LogP contribution in [-0.4, -0.2) is 28.4 Å². The second kappa shape index (κ2) is 4.65. The summed E-state index contributed by atoms with van der Waals surface area (Å²) in [6.45, 7) is 1.74. The van der Waals surface area contributed by atoms with Crippen molar-refractivity contribution in [2.24, 2.45) is 10.7 Å². The fourth-order valence-electron chi connectivity index (χ4n) is 2.31. The highest BCUT2D eigenvalue weighted by Crippen LogP contribution is 2.36. The Labute approximate surface area is 100 Å². The Hall–Kier alpha value is -0.710. The van der Waals surface area contributed by atoms with Crippen molar-refractivity contribution in [3.63, 3.8) is 0 Å². The molecule has 0 bridgehead atoms. The number of primary amides is 1. The number of amides is 1. The maximum Gasteiger partial charge on any atom is 0.242 e. The highest BCUT2D eigenvalue weighted by molar-refractivity contribution is 8.14. The minimum absolute atomic E-state index is 0.249. The molecule has 0 aromatic rings. The molecule has 0 aromatic heterocycles. The molecule has 1 atom stereocenters. The monoisotopic (exact) mass is 241 g/mol. The van der Waals surface area contributed by atoms with Crippen LogP contribution in [0.1, 0.15) is 39.0 Å². The van der Waals surface area contributed by atoms with Gasteiger partial charge in [0.05, 0.1) is 0 Å². The summed E-state index contributed by atoms with van der Waals surface area (Å²) >= 11 is 1.72. The van der Waals surface area contributed by atoms with Crippen LogP contribution >= 0.6 is 11.8 Å². The van der Waals surface area contributed by atoms with E-state index in [4.69, 9.17) is 5.73 Å². The molecule has 0 aromatic carbocycles. The van der Waals surface area contributed by atoms with Crippen LogP contribution in [0.4, 0.5) is 0 Å². The van der Waals surface area contributed by atoms with Crippen LogP contribution in [0.25, 0.3) is 0 Å². The van der Waals surface area contributed by atoms with E-state index in [1.165, 1.54) is 32.1 Å². The minimum atomic E-state index is -0.422. The standard InChI is InChI=1S/C11H19N3OS/c1-8(9(12)15)13-10-14-11(7-16-10)5-3-2-4-6-11/h8H,2-7H2,1H3,(H2,12,15)(H,13,14). The first-order valence-electron chi connectivity index (χ1n) is 5.89. The number of nitrogens with two attached hydrogens (primary N) is 1. The van der Waals surface area contributed by atoms with Gasteiger partial charge < -0.3 is 11.1 Å². The lowest BCUT2D eigenvalue weighted by Crippen LogP contribution is -2.45. The molecule has 4 nitrogen and oxygen atoms in total. The van der Waals surface area contributed by atoms with Crippen LogP contribution in [0.3, 0.4) is 0 Å². The van der Waals surface area contributed by atoms with Gasteiger partial charge in [0.1, 0.15) is 6.04 Å². The van der Waals surface area contributed by atoms with E-state index < -0.39 is 6.04 Å². The van der Waals surface area contributed by atoms with Crippen molar-refractivity contribution in [1.82, 2.24) is 5.32 Å². The number of hydrogen-bond acceptors (Lipinski definition) is 3. The van der Waals surface area contributed by atoms with E-state index in [2.05, 4.69) is 10.3 Å². The number of rotatable bonds is 2. The van der Waals surface area contributed by atoms with Gasteiger partial charge in [0.2, 0.25) is 5.91 Å². The zero-order valence-corrected chi connectivity index (χ0v) is 10.5. The van der Waals surface area contributed by atoms with Gasteiger partial charge in [-0.2, -0.15) is 0 Å². The summed E-state index contributed by atoms with van der Waals surface area (Å²) in [7, 11) is 0. The van der Waals surface area contributed by atoms with E-state index in [-0.39, 0.29) is 11.4 Å². The molecule has 5 heteroatoms. The molecule has 1 saturated heterocycles. The molecule has 1 saturated carbocycles. The normalized spacial score (nSPS) is 27.9. The summed E-state index contributed by atoms with van der Waals surface area (Å²) in [5.74, 6) is 0.719. The van der Waals surface area contributed by atoms with Crippen LogP contribution in [-0.2, 0) is 4.79 Å². The third kappa shape index (κ3) is 2.51. The number of amidine groups is 1. The van der Waals surface area contributed by atoms with Crippen molar-refractivity contribution in [2.45, 2.75) is 50.6 Å². The van der Waals surface area contributed by atoms with Crippen molar-refractivity contribution in [3.8, 4) is 0 Å². The van der Waals surface area contributed by atoms with Gasteiger partial charge in [0, 0.05) is 11.3 Å². The van der Waals surface area contributed by atoms with Gasteiger partial charge in [-0.1, -0.05) is 31.0 Å². The van der Waals surface area contributed by atoms with Gasteiger partial charge in [-0.15, -0.1) is 0 Å². The fraction of sp³-hybridized carbons (Fsp3) is 0.818. The Morgan fingerprint density at radius 1 is 1.50 bits per heavy atom. The first-order chi connectivity index (χ1) is 7.61. The Morgan fingerprint density at radius 2 is 2.19 bits per heavy atom. The van der Waals surface area contributed by atoms with E-state index in [0.29, 0.717) is 0 Å². The molecule has 0 radical (unpaired) electrons. The van der Waals surface area contributed by atoms with Gasteiger partial charge in [0.25, 0.3) is 0 Å². The van der Waals surface area contributed by atoms with E-state index in [1.54, 1.807) is 18.7 Å². The first kappa shape index (κ1) is 11.8. The summed E-state index contributed by atoms with van der Waals surface area (Å²) in [6.07, 6.45) is 6.39. The van der Waals surface area contributed by atoms with Crippen LogP contribution < -0.4 is 11.1 Å². The second-order valence-corrected chi connectivity index (χ2v) is 5.73. The molecule has 1 amide bonds. The van der Waals surface area contributed by atoms with Gasteiger partial charge in [-0.25, -0.2) is 4.99 Å². The number of nitrogens with one attached hydrogen (secondary N) is 1. The summed E-state index contributed by atoms with van der Waals surface area (Å²) in [6, 6.07) is -0.422. The summed E-state index contributed by atoms with van der Waals surface area (Å²) < 4.78 is 0. The quantitative estimate of drug-likeness (QED) is 0.764. The largest absolute Gasteiger partial charge is 0.368 e. The molecule has 3 N–H and O–H groups in total. The molecule has 1 unspecified atom stereocenters. The Bertz CT molecular complexity index is 310. The first-order valence-corrected chi connectivity index (χ1v) is 6.88. The van der Waals surface area contributed by atoms with Gasteiger partial charge in [-0.3, -0.25) is 4.79 Å². The lowest BCUT2D eigenvalue weighted by molar-refractivity contribution is -0.118. The Morgan fingerprint density at radius 3 is 2.81 bits per heavy atom. The average molecular weight is 241 g/mol. The predicted molar refractivity (Wildman–Crippen MR) is 67.5 cm³/mol. The number of carbonyl (C=O) groups excluding carboxylic acids is 1. The molecule has 2 rings (SSSR count). The Kier molecular flexibility index (Phi) is 3.42. The van der Waals surface area contributed by atoms with Crippen molar-refractivity contribution in [1.29, 1.82) is 0 Å². The molecular formula is C11H19N3OS. The van der Waals surface area contributed by atoms with Crippen LogP contribution in [0.15, 0.2) is 4.99 Å². The molecule has 2 aliphatic rings. The average Bonchev–Trinajstić information content (AvgIpc) is 2.62. The molecule has 1 aliphatic carbocycles. The lowest BCUT2D eigenvalue weighted by atomic mass is 9.83. The molecular weight excluding hydrogens is 222 g/mol. The highest BCUT2D eigenvalue weighted by Gasteiger charge is 2.38. The number of aliphatic imine (C=N–C) groups is 1. The van der Waals surface area contributed by atoms with Crippen LogP contribution in [0.5, 0.6) is 0 Å². The third-order valence-corrected chi connectivity index (χ3v) is 4.57. The maximum absolute atomic E-state index is 10.9. The van der Waals surface area contributed by atoms with Gasteiger partial charge >= 0.3 is 0 Å². The van der Waals surface area contributed by atoms with Crippen molar-refractivity contribution >= 4 is 22.8 Å². The lowest BCUT2D eigenvalue weighted by Gasteiger charge is -2.32. The van der Waals surface area contributed by atoms with E-state index in [1.807, 2.05) is 0 Å². The summed E-state index contributed by atoms with van der Waals surface area (Å²) in [5.41, 5.74) is 5.45. The van der Waals surface area contributed by atoms with E-state index >= 15 is 0 Å². The highest BCUT2D eigenvalue weighted by atomic mass is 32.2. The number of nitrogens with zero attached hydrogens (tertiary/aromatic N) is 1. The number of carbonyl (C=O) groups is 1. The summed E-state index contributed by atoms with van der Waals surface area (Å²) in [5, 5.41) is 4.39. The minimum Gasteiger partial charge on any atom is -0.368 e. The molecule has 2 fully saturated rings. The molecule has 1 aliphatic heterocycles. The van der Waals surface area contributed by atoms with Gasteiger partial charge in [-0.05, 0) is 19.8 Å². The maximum atomic E-state index is 10.9. The topological polar surface area (TPSA) is 67.5 Å². The van der Waals surface area contributed by atoms with Crippen LogP contribution in [0, 0.1) is 0 Å². The smallest absolute Gasteiger partial charge is 0.242 e. The zero-order valence-electron chi connectivity index (χ0n) is 9.66. The van der Waals surface area contributed by atoms with E-state index in [9.17, 15) is 4.79 Å². The van der Waals surface area contributed by atoms with Crippen molar-refractivity contribution < 1.29 is 4.79 Å². The third-order valence-electron chi connectivity index (χ3n) is 3.39.